The van der Waals surface area contributed by atoms with Crippen molar-refractivity contribution in [3.63, 3.8) is 0 Å². The highest BCUT2D eigenvalue weighted by atomic mass is 28.5. The lowest BCUT2D eigenvalue weighted by atomic mass is 10.4. The van der Waals surface area contributed by atoms with Crippen LogP contribution in [0, 0.1) is 0 Å². The van der Waals surface area contributed by atoms with Crippen LogP contribution < -0.4 is 0 Å². The van der Waals surface area contributed by atoms with Crippen molar-refractivity contribution in [3.05, 3.63) is 12.2 Å². The summed E-state index contributed by atoms with van der Waals surface area (Å²) in [7, 11) is -13.1. The Hall–Kier alpha value is 0.311. The first-order valence-corrected chi connectivity index (χ1v) is 28.6. The van der Waals surface area contributed by atoms with Crippen LogP contribution in [0.4, 0.5) is 0 Å². The summed E-state index contributed by atoms with van der Waals surface area (Å²) in [5.74, 6) is -0.435. The summed E-state index contributed by atoms with van der Waals surface area (Å²) >= 11 is 0. The van der Waals surface area contributed by atoms with Crippen LogP contribution in [0.15, 0.2) is 12.2 Å². The topological polar surface area (TPSA) is 72.5 Å². The van der Waals surface area contributed by atoms with Gasteiger partial charge in [-0.05, 0) is 91.9 Å². The summed E-state index contributed by atoms with van der Waals surface area (Å²) in [5.41, 5.74) is -0.162. The number of hydrogen-bond donors (Lipinski definition) is 0. The molecule has 7 nitrogen and oxygen atoms in total. The summed E-state index contributed by atoms with van der Waals surface area (Å²) < 4.78 is 38.6. The van der Waals surface area contributed by atoms with Gasteiger partial charge in [0.25, 0.3) is 0 Å². The van der Waals surface area contributed by atoms with Crippen molar-refractivity contribution in [2.75, 3.05) is 6.23 Å². The third-order valence-electron chi connectivity index (χ3n) is 3.74. The summed E-state index contributed by atoms with van der Waals surface area (Å²) in [6.07, 6.45) is 0.989. The van der Waals surface area contributed by atoms with E-state index in [1.807, 2.05) is 26.6 Å². The maximum absolute atomic E-state index is 12.4. The van der Waals surface area contributed by atoms with Crippen LogP contribution in [-0.4, -0.2) is 69.3 Å². The van der Waals surface area contributed by atoms with E-state index in [-0.39, 0.29) is 0 Å². The minimum Gasteiger partial charge on any atom is -0.457 e. The fourth-order valence-corrected chi connectivity index (χ4v) is 24.2. The van der Waals surface area contributed by atoms with E-state index in [2.05, 4.69) is 65.5 Å². The highest BCUT2D eigenvalue weighted by Gasteiger charge is 2.48. The fraction of sp³-hybridized carbons (Fsp3) is 0.850. The lowest BCUT2D eigenvalue weighted by molar-refractivity contribution is -0.141. The Labute approximate surface area is 210 Å². The maximum Gasteiger partial charge on any atom is 0.411 e. The van der Waals surface area contributed by atoms with E-state index in [9.17, 15) is 4.79 Å². The largest absolute Gasteiger partial charge is 0.457 e. The molecule has 0 aliphatic rings. The monoisotopic (exact) mass is 569 g/mol. The van der Waals surface area contributed by atoms with Gasteiger partial charge in [-0.3, -0.25) is 0 Å². The molecule has 0 aromatic carbocycles. The standard InChI is InChI=1S/C20H49O7Si6/c1-16-19(23-20(21)18(2)3)28(24-32(13,14)26-30(7,8)9)25-33(15,27-31(10,11)12)17-22-29(4,5)6/h19H,2,16-17H2,1,3-15H3. The van der Waals surface area contributed by atoms with E-state index in [1.54, 1.807) is 6.92 Å². The van der Waals surface area contributed by atoms with Gasteiger partial charge in [0, 0.05) is 5.57 Å². The van der Waals surface area contributed by atoms with Crippen molar-refractivity contribution in [1.82, 2.24) is 0 Å². The molecule has 33 heavy (non-hydrogen) atoms. The average molecular weight is 570 g/mol. The van der Waals surface area contributed by atoms with Crippen LogP contribution in [0.5, 0.6) is 0 Å². The Morgan fingerprint density at radius 3 is 1.67 bits per heavy atom. The van der Waals surface area contributed by atoms with Crippen LogP contribution in [0.2, 0.25) is 78.6 Å². The predicted molar refractivity (Wildman–Crippen MR) is 150 cm³/mol. The Balaban J connectivity index is 6.15. The molecule has 0 N–H and O–H groups in total. The van der Waals surface area contributed by atoms with Crippen molar-refractivity contribution < 1.29 is 30.4 Å². The zero-order valence-corrected chi connectivity index (χ0v) is 29.6. The fourth-order valence-electron chi connectivity index (χ4n) is 2.97. The third kappa shape index (κ3) is 15.8. The van der Waals surface area contributed by atoms with Gasteiger partial charge in [-0.1, -0.05) is 13.5 Å². The molecule has 0 saturated heterocycles. The van der Waals surface area contributed by atoms with E-state index in [4.69, 9.17) is 25.6 Å². The van der Waals surface area contributed by atoms with Crippen molar-refractivity contribution in [2.24, 2.45) is 0 Å². The quantitative estimate of drug-likeness (QED) is 0.140. The molecule has 195 valence electrons. The van der Waals surface area contributed by atoms with Crippen LogP contribution in [0.1, 0.15) is 20.3 Å². The Bertz CT molecular complexity index is 655. The number of ether oxygens (including phenoxy) is 1. The second-order valence-corrected chi connectivity index (χ2v) is 34.8. The zero-order chi connectivity index (χ0) is 26.5. The molecule has 0 amide bonds. The predicted octanol–water partition coefficient (Wildman–Crippen LogP) is 5.81. The molecule has 0 spiro atoms. The van der Waals surface area contributed by atoms with Crippen molar-refractivity contribution in [2.45, 2.75) is 105 Å². The van der Waals surface area contributed by atoms with Crippen LogP contribution in [0.3, 0.4) is 0 Å². The van der Waals surface area contributed by atoms with Gasteiger partial charge in [0.15, 0.2) is 25.0 Å². The number of carbonyl (C=O) groups is 1. The number of carbonyl (C=O) groups excluding carboxylic acids is 1. The molecule has 2 unspecified atom stereocenters. The Morgan fingerprint density at radius 2 is 1.30 bits per heavy atom. The first kappa shape index (κ1) is 33.3. The number of rotatable bonds is 15. The van der Waals surface area contributed by atoms with Gasteiger partial charge in [0.2, 0.25) is 0 Å². The normalized spacial score (nSPS) is 16.5. The minimum absolute atomic E-state index is 0.352. The van der Waals surface area contributed by atoms with E-state index in [1.165, 1.54) is 0 Å². The van der Waals surface area contributed by atoms with Crippen LogP contribution in [-0.2, 0) is 30.4 Å². The SMILES string of the molecule is C=C(C)C(=O)OC(CC)[Si](O[Si](C)(C)O[Si](C)(C)C)O[Si](C)(CO[Si](C)(C)C)O[Si](C)(C)C. The van der Waals surface area contributed by atoms with E-state index < -0.39 is 63.1 Å². The molecular formula is C20H49O7Si6. The molecule has 0 fully saturated rings. The first-order valence-electron chi connectivity index (χ1n) is 11.6. The molecule has 0 aliphatic heterocycles. The third-order valence-corrected chi connectivity index (χ3v) is 20.7. The molecule has 0 saturated carbocycles. The average Bonchev–Trinajstić information content (AvgIpc) is 2.52. The van der Waals surface area contributed by atoms with Crippen LogP contribution in [0.25, 0.3) is 0 Å². The first-order chi connectivity index (χ1) is 14.5. The van der Waals surface area contributed by atoms with Gasteiger partial charge in [-0.25, -0.2) is 4.79 Å². The molecule has 0 heterocycles. The molecule has 0 aromatic heterocycles. The lowest BCUT2D eigenvalue weighted by Gasteiger charge is -2.41. The molecule has 0 bridgehead atoms. The van der Waals surface area contributed by atoms with E-state index in [0.717, 1.165) is 0 Å². The van der Waals surface area contributed by atoms with Gasteiger partial charge < -0.3 is 25.6 Å². The molecule has 0 aliphatic carbocycles. The maximum atomic E-state index is 12.4. The molecule has 1 radical (unpaired) electrons. The van der Waals surface area contributed by atoms with Crippen LogP contribution >= 0.6 is 0 Å². The van der Waals surface area contributed by atoms with Crippen molar-refractivity contribution >= 4 is 57.3 Å². The van der Waals surface area contributed by atoms with Crippen molar-refractivity contribution in [1.29, 1.82) is 0 Å². The highest BCUT2D eigenvalue weighted by molar-refractivity contribution is 6.87. The minimum atomic E-state index is -2.81. The number of hydrogen-bond acceptors (Lipinski definition) is 7. The summed E-state index contributed by atoms with van der Waals surface area (Å²) in [6, 6.07) is 0. The lowest BCUT2D eigenvalue weighted by Crippen LogP contribution is -2.61. The molecular weight excluding hydrogens is 521 g/mol. The number of esters is 1. The highest BCUT2D eigenvalue weighted by Crippen LogP contribution is 2.25. The Morgan fingerprint density at radius 1 is 0.818 bits per heavy atom. The Kier molecular flexibility index (Phi) is 12.6. The molecule has 2 atom stereocenters. The van der Waals surface area contributed by atoms with Gasteiger partial charge in [-0.15, -0.1) is 0 Å². The van der Waals surface area contributed by atoms with E-state index >= 15 is 0 Å². The van der Waals surface area contributed by atoms with Gasteiger partial charge in [0.05, 0.1) is 6.23 Å². The zero-order valence-electron chi connectivity index (χ0n) is 23.6. The molecule has 13 heteroatoms. The molecule has 0 rings (SSSR count). The summed E-state index contributed by atoms with van der Waals surface area (Å²) in [6.45, 7) is 32.8. The van der Waals surface area contributed by atoms with Gasteiger partial charge in [-0.2, -0.15) is 0 Å². The second-order valence-electron chi connectivity index (χ2n) is 12.0. The van der Waals surface area contributed by atoms with Crippen molar-refractivity contribution in [3.8, 4) is 0 Å². The second kappa shape index (κ2) is 12.5. The van der Waals surface area contributed by atoms with Gasteiger partial charge in [0.1, 0.15) is 5.73 Å². The summed E-state index contributed by atoms with van der Waals surface area (Å²) in [5, 5.41) is 0. The van der Waals surface area contributed by atoms with Gasteiger partial charge >= 0.3 is 32.4 Å². The molecule has 0 aromatic rings. The smallest absolute Gasteiger partial charge is 0.411 e. The summed E-state index contributed by atoms with van der Waals surface area (Å²) in [4.78, 5) is 12.4. The van der Waals surface area contributed by atoms with E-state index in [0.29, 0.717) is 18.2 Å².